The molecule has 0 aliphatic heterocycles. The number of aryl methyl sites for hydroxylation is 1. The molecule has 0 aromatic heterocycles. The monoisotopic (exact) mass is 894 g/mol. The Balaban J connectivity index is 0.000000235. The molecule has 0 heterocycles. The summed E-state index contributed by atoms with van der Waals surface area (Å²) in [6.45, 7) is 24.9. The van der Waals surface area contributed by atoms with Crippen molar-refractivity contribution >= 4 is 37.8 Å². The van der Waals surface area contributed by atoms with Crippen LogP contribution in [0.15, 0.2) is 146 Å². The van der Waals surface area contributed by atoms with Gasteiger partial charge >= 0.3 is 41.9 Å². The normalized spacial score (nSPS) is 11.3. The van der Waals surface area contributed by atoms with Crippen LogP contribution in [0.25, 0.3) is 65.7 Å². The van der Waals surface area contributed by atoms with Gasteiger partial charge in [-0.2, -0.15) is 12.1 Å². The summed E-state index contributed by atoms with van der Waals surface area (Å²) < 4.78 is 0. The molecule has 8 aromatic rings. The zero-order valence-corrected chi connectivity index (χ0v) is 41.2. The molecule has 4 heteroatoms. The van der Waals surface area contributed by atoms with E-state index >= 15 is 0 Å². The van der Waals surface area contributed by atoms with Crippen molar-refractivity contribution < 1.29 is 48.1 Å². The van der Waals surface area contributed by atoms with Gasteiger partial charge in [0.2, 0.25) is 0 Å². The van der Waals surface area contributed by atoms with E-state index in [1.807, 2.05) is 0 Å². The Kier molecular flexibility index (Phi) is 16.0. The van der Waals surface area contributed by atoms with Crippen LogP contribution < -0.4 is 24.8 Å². The van der Waals surface area contributed by atoms with Gasteiger partial charge < -0.3 is 24.8 Å². The number of rotatable bonds is 4. The molecule has 0 aliphatic carbocycles. The van der Waals surface area contributed by atoms with Crippen molar-refractivity contribution in [2.75, 3.05) is 0 Å². The van der Waals surface area contributed by atoms with Crippen LogP contribution in [0, 0.1) is 6.92 Å². The molecule has 0 spiro atoms. The van der Waals surface area contributed by atoms with Crippen molar-refractivity contribution in [2.45, 2.75) is 92.2 Å². The van der Waals surface area contributed by atoms with Crippen molar-refractivity contribution in [2.24, 2.45) is 0 Å². The topological polar surface area (TPSA) is 0 Å². The minimum atomic E-state index is 0. The second kappa shape index (κ2) is 19.7. The van der Waals surface area contributed by atoms with Gasteiger partial charge in [0.1, 0.15) is 0 Å². The molecule has 8 aromatic carbocycles. The van der Waals surface area contributed by atoms with Crippen LogP contribution in [0.2, 0.25) is 13.1 Å². The number of hydrogen-bond donors (Lipinski definition) is 0. The van der Waals surface area contributed by atoms with Gasteiger partial charge in [-0.3, -0.25) is 0 Å². The van der Waals surface area contributed by atoms with Gasteiger partial charge in [0.15, 0.2) is 0 Å². The molecule has 0 atom stereocenters. The zero-order valence-electron chi connectivity index (χ0n) is 36.2. The summed E-state index contributed by atoms with van der Waals surface area (Å²) in [6, 6.07) is 54.0. The quantitative estimate of drug-likeness (QED) is 0.122. The summed E-state index contributed by atoms with van der Waals surface area (Å²) in [5.41, 5.74) is 13.8. The molecule has 0 saturated carbocycles. The first-order valence-electron chi connectivity index (χ1n) is 20.1. The molecule has 0 saturated heterocycles. The van der Waals surface area contributed by atoms with Gasteiger partial charge in [0, 0.05) is 0 Å². The van der Waals surface area contributed by atoms with Crippen LogP contribution in [-0.4, -0.2) is 5.43 Å². The van der Waals surface area contributed by atoms with Crippen molar-refractivity contribution in [1.82, 2.24) is 0 Å². The van der Waals surface area contributed by atoms with Crippen molar-refractivity contribution in [3.63, 3.8) is 0 Å². The molecule has 0 fully saturated rings. The van der Waals surface area contributed by atoms with E-state index in [0.29, 0.717) is 5.92 Å². The van der Waals surface area contributed by atoms with E-state index in [1.54, 1.807) is 23.3 Å². The van der Waals surface area contributed by atoms with E-state index in [2.05, 4.69) is 221 Å². The Morgan fingerprint density at radius 2 is 1.00 bits per heavy atom. The Labute approximate surface area is 376 Å². The summed E-state index contributed by atoms with van der Waals surface area (Å²) in [7, 11) is 0. The van der Waals surface area contributed by atoms with E-state index < -0.39 is 0 Å². The largest absolute Gasteiger partial charge is 1.00 e. The van der Waals surface area contributed by atoms with E-state index in [4.69, 9.17) is 0 Å². The van der Waals surface area contributed by atoms with Gasteiger partial charge in [-0.15, -0.1) is 63.0 Å². The SMILES string of the molecule is CC(C)c1cc2c(-c3cccc4ccccc34)cccc2[cH-]1.C[Si](C)=[Zr+2].Cc1cc2c(-c3ccc(C(C)(C)C)cc3)cc(-c3ccc(C(C)(C)C)cc3)cc2[cH-]1.[Cl-].[Cl-]. The fourth-order valence-corrected chi connectivity index (χ4v) is 7.48. The molecule has 0 bridgehead atoms. The predicted octanol–water partition coefficient (Wildman–Crippen LogP) is 10.1. The van der Waals surface area contributed by atoms with Crippen LogP contribution in [0.1, 0.15) is 83.6 Å². The maximum atomic E-state index is 2.36. The minimum absolute atomic E-state index is 0. The van der Waals surface area contributed by atoms with E-state index in [1.165, 1.54) is 88.0 Å². The van der Waals surface area contributed by atoms with Gasteiger partial charge in [-0.05, 0) is 55.3 Å². The molecular formula is C54H58Cl2SiZr-2. The number of hydrogen-bond acceptors (Lipinski definition) is 0. The maximum absolute atomic E-state index is 2.36. The van der Waals surface area contributed by atoms with Crippen molar-refractivity contribution in [3.8, 4) is 33.4 Å². The maximum Gasteiger partial charge on any atom is -0.0132 e. The first-order chi connectivity index (χ1) is 26.5. The fraction of sp³-hybridized carbons (Fsp3) is 0.259. The van der Waals surface area contributed by atoms with Crippen molar-refractivity contribution in [3.05, 3.63) is 168 Å². The minimum Gasteiger partial charge on any atom is -1.00 e. The van der Waals surface area contributed by atoms with Crippen LogP contribution >= 0.6 is 0 Å². The first kappa shape index (κ1) is 47.2. The molecule has 0 amide bonds. The van der Waals surface area contributed by atoms with Crippen LogP contribution in [-0.2, 0) is 34.2 Å². The van der Waals surface area contributed by atoms with Crippen LogP contribution in [0.3, 0.4) is 0 Å². The Morgan fingerprint density at radius 3 is 1.57 bits per heavy atom. The smallest absolute Gasteiger partial charge is 0.0132 e. The molecule has 0 unspecified atom stereocenters. The molecule has 0 nitrogen and oxygen atoms in total. The third-order valence-corrected chi connectivity index (χ3v) is 10.6. The van der Waals surface area contributed by atoms with Gasteiger partial charge in [-0.25, -0.2) is 0 Å². The average molecular weight is 897 g/mol. The fourth-order valence-electron chi connectivity index (χ4n) is 7.48. The van der Waals surface area contributed by atoms with Crippen LogP contribution in [0.4, 0.5) is 0 Å². The third kappa shape index (κ3) is 11.2. The summed E-state index contributed by atoms with van der Waals surface area (Å²) in [6.07, 6.45) is 0. The molecule has 0 radical (unpaired) electrons. The summed E-state index contributed by atoms with van der Waals surface area (Å²) in [5, 5.41) is 7.99. The Morgan fingerprint density at radius 1 is 0.500 bits per heavy atom. The zero-order chi connectivity index (χ0) is 40.4. The number of halogens is 2. The van der Waals surface area contributed by atoms with E-state index in [9.17, 15) is 0 Å². The second-order valence-electron chi connectivity index (χ2n) is 18.0. The van der Waals surface area contributed by atoms with E-state index in [-0.39, 0.29) is 41.1 Å². The number of benzene rings is 6. The number of fused-ring (bicyclic) bond motifs is 3. The van der Waals surface area contributed by atoms with Gasteiger partial charge in [0.05, 0.1) is 0 Å². The molecular weight excluding hydrogens is 839 g/mol. The Bertz CT molecular complexity index is 2600. The average Bonchev–Trinajstić information content (AvgIpc) is 3.77. The van der Waals surface area contributed by atoms with Crippen LogP contribution in [0.5, 0.6) is 0 Å². The summed E-state index contributed by atoms with van der Waals surface area (Å²) in [5.74, 6) is 0.563. The Hall–Kier alpha value is -3.52. The third-order valence-electron chi connectivity index (χ3n) is 10.6. The first-order valence-corrected chi connectivity index (χ1v) is 26.3. The van der Waals surface area contributed by atoms with Gasteiger partial charge in [0.25, 0.3) is 0 Å². The molecule has 58 heavy (non-hydrogen) atoms. The van der Waals surface area contributed by atoms with Crippen molar-refractivity contribution in [1.29, 1.82) is 0 Å². The molecule has 298 valence electrons. The molecule has 8 rings (SSSR count). The predicted molar refractivity (Wildman–Crippen MR) is 247 cm³/mol. The molecule has 0 N–H and O–H groups in total. The summed E-state index contributed by atoms with van der Waals surface area (Å²) >= 11 is 1.74. The molecule has 0 aliphatic rings. The standard InChI is InChI=1S/C30H33.C22H19.C2H6Si.2ClH.Zr/c1-20-16-24-18-23(21-8-12-25(13-9-21)29(2,3)4)19-28(27(24)17-20)22-10-14-26(15-11-22)30(5,6)7;1-15(2)18-13-17-9-6-12-21(22(17)14-18)20-11-5-8-16-7-3-4-10-19(16)20;1-3-2;;;/h8-19H,1-7H3;3-15H,1-2H3;1-2H3;2*1H;/q2*-1;;;;+2/p-2. The van der Waals surface area contributed by atoms with Gasteiger partial charge in [-0.1, -0.05) is 182 Å². The summed E-state index contributed by atoms with van der Waals surface area (Å²) in [4.78, 5) is 0. The second-order valence-corrected chi connectivity index (χ2v) is 27.4. The van der Waals surface area contributed by atoms with E-state index in [0.717, 1.165) is 0 Å².